The molecule has 0 amide bonds. The predicted octanol–water partition coefficient (Wildman–Crippen LogP) is 13.0. The normalized spacial score (nSPS) is 13.2. The van der Waals surface area contributed by atoms with Crippen LogP contribution in [-0.2, 0) is 10.8 Å². The number of benzene rings is 6. The van der Waals surface area contributed by atoms with E-state index in [9.17, 15) is 0 Å². The van der Waals surface area contributed by atoms with E-state index in [4.69, 9.17) is 9.72 Å². The quantitative estimate of drug-likeness (QED) is 0.156. The average molecular weight is 731 g/mol. The first-order chi connectivity index (χ1) is 27.1. The number of nitrogens with zero attached hydrogens (tertiary/aromatic N) is 4. The first-order valence-corrected chi connectivity index (χ1v) is 19.4. The van der Waals surface area contributed by atoms with Crippen LogP contribution in [0.15, 0.2) is 176 Å². The summed E-state index contributed by atoms with van der Waals surface area (Å²) < 4.78 is 8.90. The van der Waals surface area contributed by atoms with Crippen LogP contribution in [0.3, 0.4) is 0 Å². The molecular formula is C51H46N4O. The maximum absolute atomic E-state index is 6.64. The molecule has 1 aliphatic heterocycles. The molecule has 8 aromatic rings. The van der Waals surface area contributed by atoms with E-state index >= 15 is 0 Å². The molecule has 5 nitrogen and oxygen atoms in total. The number of rotatable bonds is 8. The molecule has 56 heavy (non-hydrogen) atoms. The second-order valence-corrected chi connectivity index (χ2v) is 16.3. The zero-order chi connectivity index (χ0) is 38.4. The highest BCUT2D eigenvalue weighted by Gasteiger charge is 2.25. The fraction of sp³-hybridized carbons (Fsp3) is 0.157. The lowest BCUT2D eigenvalue weighted by atomic mass is 9.78. The van der Waals surface area contributed by atoms with Crippen molar-refractivity contribution in [2.75, 3.05) is 16.5 Å². The van der Waals surface area contributed by atoms with Crippen molar-refractivity contribution in [1.82, 2.24) is 9.55 Å². The minimum atomic E-state index is -0.194. The molecule has 0 saturated heterocycles. The van der Waals surface area contributed by atoms with E-state index in [1.54, 1.807) is 0 Å². The highest BCUT2D eigenvalue weighted by atomic mass is 16.5. The monoisotopic (exact) mass is 730 g/mol. The topological polar surface area (TPSA) is 33.5 Å². The zero-order valence-corrected chi connectivity index (χ0v) is 32.6. The van der Waals surface area contributed by atoms with Gasteiger partial charge in [0.15, 0.2) is 0 Å². The van der Waals surface area contributed by atoms with Gasteiger partial charge < -0.3 is 14.5 Å². The van der Waals surface area contributed by atoms with Crippen LogP contribution in [0.1, 0.15) is 51.3 Å². The molecule has 0 spiro atoms. The van der Waals surface area contributed by atoms with Gasteiger partial charge in [0.1, 0.15) is 17.3 Å². The summed E-state index contributed by atoms with van der Waals surface area (Å²) in [5.74, 6) is 2.43. The number of anilines is 2. The lowest BCUT2D eigenvalue weighted by molar-refractivity contribution is 0.483. The number of aromatic nitrogens is 2. The molecule has 0 N–H and O–H groups in total. The van der Waals surface area contributed by atoms with Gasteiger partial charge in [0.05, 0.1) is 17.7 Å². The Morgan fingerprint density at radius 3 is 1.98 bits per heavy atom. The molecule has 0 aliphatic carbocycles. The van der Waals surface area contributed by atoms with Gasteiger partial charge in [0, 0.05) is 58.3 Å². The fourth-order valence-electron chi connectivity index (χ4n) is 7.84. The third-order valence-electron chi connectivity index (χ3n) is 11.2. The number of hydrogen-bond acceptors (Lipinski definition) is 4. The second kappa shape index (κ2) is 13.9. The van der Waals surface area contributed by atoms with E-state index in [2.05, 4.69) is 213 Å². The van der Waals surface area contributed by atoms with Crippen molar-refractivity contribution in [2.24, 2.45) is 0 Å². The Balaban J connectivity index is 1.01. The molecule has 5 heteroatoms. The van der Waals surface area contributed by atoms with E-state index in [0.717, 1.165) is 39.4 Å². The van der Waals surface area contributed by atoms with Crippen LogP contribution >= 0.6 is 0 Å². The van der Waals surface area contributed by atoms with Crippen LogP contribution in [-0.4, -0.2) is 16.2 Å². The number of fused-ring (bicyclic) bond motifs is 3. The van der Waals surface area contributed by atoms with Gasteiger partial charge in [-0.05, 0) is 87.8 Å². The van der Waals surface area contributed by atoms with Crippen molar-refractivity contribution < 1.29 is 4.74 Å². The summed E-state index contributed by atoms with van der Waals surface area (Å²) in [5, 5.41) is 2.34. The second-order valence-electron chi connectivity index (χ2n) is 16.3. The van der Waals surface area contributed by atoms with Crippen LogP contribution in [0, 0.1) is 0 Å². The van der Waals surface area contributed by atoms with Gasteiger partial charge in [-0.2, -0.15) is 0 Å². The Bertz CT molecular complexity index is 2720. The maximum Gasteiger partial charge on any atom is 0.137 e. The molecule has 9 rings (SSSR count). The van der Waals surface area contributed by atoms with Gasteiger partial charge in [-0.1, -0.05) is 126 Å². The van der Waals surface area contributed by atoms with E-state index in [1.165, 1.54) is 38.9 Å². The smallest absolute Gasteiger partial charge is 0.137 e. The Morgan fingerprint density at radius 2 is 1.20 bits per heavy atom. The Kier molecular flexibility index (Phi) is 8.73. The molecule has 0 atom stereocenters. The van der Waals surface area contributed by atoms with Gasteiger partial charge in [0.2, 0.25) is 0 Å². The maximum atomic E-state index is 6.64. The number of hydrogen-bond donors (Lipinski definition) is 0. The van der Waals surface area contributed by atoms with Crippen molar-refractivity contribution in [3.63, 3.8) is 0 Å². The molecule has 2 aromatic heterocycles. The van der Waals surface area contributed by atoms with Crippen molar-refractivity contribution in [2.45, 2.75) is 45.4 Å². The van der Waals surface area contributed by atoms with Gasteiger partial charge in [0.25, 0.3) is 0 Å². The highest BCUT2D eigenvalue weighted by Crippen LogP contribution is 2.39. The fourth-order valence-corrected chi connectivity index (χ4v) is 7.84. The number of para-hydroxylation sites is 1. The molecule has 0 fully saturated rings. The van der Waals surface area contributed by atoms with Crippen molar-refractivity contribution in [3.8, 4) is 28.4 Å². The Morgan fingerprint density at radius 1 is 0.500 bits per heavy atom. The lowest BCUT2D eigenvalue weighted by Gasteiger charge is -2.26. The molecule has 0 bridgehead atoms. The summed E-state index contributed by atoms with van der Waals surface area (Å²) in [7, 11) is 0. The van der Waals surface area contributed by atoms with Gasteiger partial charge in [-0.3, -0.25) is 4.57 Å². The van der Waals surface area contributed by atoms with Crippen molar-refractivity contribution in [1.29, 1.82) is 0 Å². The van der Waals surface area contributed by atoms with Gasteiger partial charge in [-0.25, -0.2) is 4.98 Å². The van der Waals surface area contributed by atoms with E-state index in [0.29, 0.717) is 6.67 Å². The average Bonchev–Trinajstić information content (AvgIpc) is 3.85. The molecular weight excluding hydrogens is 685 g/mol. The van der Waals surface area contributed by atoms with Gasteiger partial charge >= 0.3 is 0 Å². The summed E-state index contributed by atoms with van der Waals surface area (Å²) in [5.41, 5.74) is 10.5. The molecule has 276 valence electrons. The first kappa shape index (κ1) is 35.1. The van der Waals surface area contributed by atoms with E-state index in [1.807, 2.05) is 12.3 Å². The largest absolute Gasteiger partial charge is 0.457 e. The molecule has 1 aliphatic rings. The SMILES string of the molecule is CC(C)(C)c1cc(-c2ccccc2)cc(N2C=CN(c3cccc(Oc4ccc5c6ccccc6n(-c6cc(C(C)(C)c7ccccc7)ccn6)c5c4)c3)C2)c1. The molecule has 6 aromatic carbocycles. The third kappa shape index (κ3) is 6.60. The molecule has 3 heterocycles. The summed E-state index contributed by atoms with van der Waals surface area (Å²) in [6.07, 6.45) is 6.25. The summed E-state index contributed by atoms with van der Waals surface area (Å²) >= 11 is 0. The van der Waals surface area contributed by atoms with Crippen molar-refractivity contribution >= 4 is 33.2 Å². The van der Waals surface area contributed by atoms with Crippen LogP contribution < -0.4 is 14.5 Å². The molecule has 0 radical (unpaired) electrons. The minimum Gasteiger partial charge on any atom is -0.457 e. The third-order valence-corrected chi connectivity index (χ3v) is 11.2. The van der Waals surface area contributed by atoms with Crippen LogP contribution in [0.5, 0.6) is 11.5 Å². The summed E-state index contributed by atoms with van der Waals surface area (Å²) in [6.45, 7) is 12.1. The van der Waals surface area contributed by atoms with E-state index in [-0.39, 0.29) is 10.8 Å². The zero-order valence-electron chi connectivity index (χ0n) is 32.6. The predicted molar refractivity (Wildman–Crippen MR) is 233 cm³/mol. The van der Waals surface area contributed by atoms with Crippen LogP contribution in [0.4, 0.5) is 11.4 Å². The highest BCUT2D eigenvalue weighted by molar-refractivity contribution is 6.09. The van der Waals surface area contributed by atoms with Crippen LogP contribution in [0.25, 0.3) is 38.8 Å². The number of pyridine rings is 1. The van der Waals surface area contributed by atoms with Gasteiger partial charge in [-0.15, -0.1) is 0 Å². The molecule has 0 unspecified atom stereocenters. The Labute approximate surface area is 329 Å². The standard InChI is InChI=1S/C51H46N4O/c1-50(2,3)40-29-37(36-15-8-6-9-16-36)30-42(31-40)54-28-27-53(35-54)41-19-14-20-43(33-41)56-44-23-24-46-45-21-12-13-22-47(45)55(48(46)34-44)49-32-39(25-26-52-49)51(4,5)38-17-10-7-11-18-38/h6-34H,35H2,1-5H3. The minimum absolute atomic E-state index is 0.0194. The summed E-state index contributed by atoms with van der Waals surface area (Å²) in [4.78, 5) is 9.50. The number of ether oxygens (including phenoxy) is 1. The Hall–Kier alpha value is -6.59. The summed E-state index contributed by atoms with van der Waals surface area (Å²) in [6, 6.07) is 55.9. The first-order valence-electron chi connectivity index (χ1n) is 19.4. The van der Waals surface area contributed by atoms with E-state index < -0.39 is 0 Å². The lowest BCUT2D eigenvalue weighted by Crippen LogP contribution is -2.25. The van der Waals surface area contributed by atoms with Crippen LogP contribution in [0.2, 0.25) is 0 Å². The van der Waals surface area contributed by atoms with Crippen molar-refractivity contribution in [3.05, 3.63) is 193 Å². The molecule has 0 saturated carbocycles.